The first-order chi connectivity index (χ1) is 13.6. The summed E-state index contributed by atoms with van der Waals surface area (Å²) in [5.41, 5.74) is -2.83. The van der Waals surface area contributed by atoms with Crippen LogP contribution in [0.25, 0.3) is 0 Å². The fourth-order valence-electron chi connectivity index (χ4n) is 2.94. The number of halogens is 5. The standard InChI is InChI=1S/C19H15F5N2O3/c20-10-18(13-8-12(27)6-7-14(13)21)9-15(19(22,23)24)29-17(26-18)25-16(28)11-4-2-1-3-5-11/h1-8,15,27H,9-10H2,(H,25,26,28). The molecule has 5 nitrogen and oxygen atoms in total. The number of carbonyl (C=O) groups is 1. The maximum atomic E-state index is 14.3. The molecule has 10 heteroatoms. The molecule has 3 rings (SSSR count). The van der Waals surface area contributed by atoms with E-state index in [1.807, 2.05) is 0 Å². The Bertz CT molecular complexity index is 933. The average molecular weight is 414 g/mol. The van der Waals surface area contributed by atoms with Crippen LogP contribution in [0, 0.1) is 5.82 Å². The van der Waals surface area contributed by atoms with Crippen LogP contribution in [0.4, 0.5) is 22.0 Å². The Morgan fingerprint density at radius 2 is 1.93 bits per heavy atom. The zero-order valence-electron chi connectivity index (χ0n) is 14.7. The topological polar surface area (TPSA) is 70.9 Å². The molecule has 0 saturated carbocycles. The molecule has 0 fully saturated rings. The van der Waals surface area contributed by atoms with Crippen molar-refractivity contribution in [2.45, 2.75) is 24.2 Å². The van der Waals surface area contributed by atoms with E-state index in [1.165, 1.54) is 24.3 Å². The lowest BCUT2D eigenvalue weighted by Crippen LogP contribution is -2.50. The highest BCUT2D eigenvalue weighted by Gasteiger charge is 2.52. The summed E-state index contributed by atoms with van der Waals surface area (Å²) in [4.78, 5) is 16.0. The van der Waals surface area contributed by atoms with Crippen LogP contribution in [0.15, 0.2) is 53.5 Å². The maximum absolute atomic E-state index is 14.3. The monoisotopic (exact) mass is 414 g/mol. The molecule has 0 saturated heterocycles. The molecular formula is C19H15F5N2O3. The van der Waals surface area contributed by atoms with Crippen molar-refractivity contribution in [2.75, 3.05) is 6.67 Å². The number of amides is 1. The largest absolute Gasteiger partial charge is 0.508 e. The van der Waals surface area contributed by atoms with Gasteiger partial charge in [-0.05, 0) is 30.3 Å². The predicted octanol–water partition coefficient (Wildman–Crippen LogP) is 3.83. The van der Waals surface area contributed by atoms with Gasteiger partial charge in [-0.1, -0.05) is 18.2 Å². The highest BCUT2D eigenvalue weighted by Crippen LogP contribution is 2.42. The van der Waals surface area contributed by atoms with E-state index in [1.54, 1.807) is 6.07 Å². The van der Waals surface area contributed by atoms with E-state index in [0.29, 0.717) is 0 Å². The van der Waals surface area contributed by atoms with Crippen LogP contribution in [0.2, 0.25) is 0 Å². The van der Waals surface area contributed by atoms with Gasteiger partial charge in [0.2, 0.25) is 0 Å². The Morgan fingerprint density at radius 1 is 1.24 bits per heavy atom. The number of amidine groups is 1. The number of nitrogens with one attached hydrogen (secondary N) is 1. The summed E-state index contributed by atoms with van der Waals surface area (Å²) in [7, 11) is 0. The molecule has 0 bridgehead atoms. The summed E-state index contributed by atoms with van der Waals surface area (Å²) in [5, 5.41) is 11.7. The van der Waals surface area contributed by atoms with E-state index < -0.39 is 60.0 Å². The number of phenols is 1. The zero-order chi connectivity index (χ0) is 21.2. The van der Waals surface area contributed by atoms with Gasteiger partial charge in [-0.15, -0.1) is 0 Å². The van der Waals surface area contributed by atoms with E-state index >= 15 is 0 Å². The number of benzene rings is 2. The lowest BCUT2D eigenvalue weighted by Gasteiger charge is -2.37. The third-order valence-electron chi connectivity index (χ3n) is 4.39. The van der Waals surface area contributed by atoms with E-state index in [4.69, 9.17) is 4.74 Å². The number of aromatic hydroxyl groups is 1. The number of phenolic OH excluding ortho intramolecular Hbond substituents is 1. The number of aliphatic imine (C=N–C) groups is 1. The molecule has 2 unspecified atom stereocenters. The summed E-state index contributed by atoms with van der Waals surface area (Å²) in [6, 6.07) is 9.15. The minimum atomic E-state index is -4.94. The highest BCUT2D eigenvalue weighted by atomic mass is 19.4. The van der Waals surface area contributed by atoms with Gasteiger partial charge in [0.25, 0.3) is 11.9 Å². The number of carbonyl (C=O) groups excluding carboxylic acids is 1. The molecule has 1 heterocycles. The molecular weight excluding hydrogens is 399 g/mol. The number of hydrogen-bond acceptors (Lipinski definition) is 4. The van der Waals surface area contributed by atoms with Crippen molar-refractivity contribution in [3.8, 4) is 5.75 Å². The van der Waals surface area contributed by atoms with E-state index in [2.05, 4.69) is 10.3 Å². The Kier molecular flexibility index (Phi) is 5.45. The van der Waals surface area contributed by atoms with Gasteiger partial charge in [0.15, 0.2) is 6.10 Å². The van der Waals surface area contributed by atoms with Gasteiger partial charge in [0.05, 0.1) is 0 Å². The molecule has 0 spiro atoms. The third-order valence-corrected chi connectivity index (χ3v) is 4.39. The van der Waals surface area contributed by atoms with Crippen LogP contribution in [0.5, 0.6) is 5.75 Å². The molecule has 29 heavy (non-hydrogen) atoms. The number of nitrogens with zero attached hydrogens (tertiary/aromatic N) is 1. The summed E-state index contributed by atoms with van der Waals surface area (Å²) in [6.07, 6.45) is -8.56. The van der Waals surface area contributed by atoms with Gasteiger partial charge in [-0.2, -0.15) is 13.2 Å². The highest BCUT2D eigenvalue weighted by molar-refractivity contribution is 6.04. The minimum Gasteiger partial charge on any atom is -0.508 e. The Hall–Kier alpha value is -3.17. The van der Waals surface area contributed by atoms with Crippen LogP contribution >= 0.6 is 0 Å². The fraction of sp³-hybridized carbons (Fsp3) is 0.263. The third kappa shape index (κ3) is 4.30. The molecule has 1 aliphatic rings. The van der Waals surface area contributed by atoms with Gasteiger partial charge in [-0.25, -0.2) is 13.8 Å². The molecule has 0 aliphatic carbocycles. The first-order valence-corrected chi connectivity index (χ1v) is 8.39. The molecule has 0 radical (unpaired) electrons. The maximum Gasteiger partial charge on any atom is 0.425 e. The lowest BCUT2D eigenvalue weighted by molar-refractivity contribution is -0.209. The van der Waals surface area contributed by atoms with Crippen LogP contribution in [0.1, 0.15) is 22.3 Å². The Balaban J connectivity index is 2.05. The molecule has 0 aromatic heterocycles. The number of alkyl halides is 4. The summed E-state index contributed by atoms with van der Waals surface area (Å²) >= 11 is 0. The second kappa shape index (κ2) is 7.69. The first kappa shape index (κ1) is 20.6. The number of rotatable bonds is 3. The molecule has 154 valence electrons. The quantitative estimate of drug-likeness (QED) is 0.750. The van der Waals surface area contributed by atoms with E-state index in [0.717, 1.165) is 18.2 Å². The lowest BCUT2D eigenvalue weighted by atomic mass is 9.84. The smallest absolute Gasteiger partial charge is 0.425 e. The van der Waals surface area contributed by atoms with Gasteiger partial charge in [0, 0.05) is 17.5 Å². The van der Waals surface area contributed by atoms with Crippen molar-refractivity contribution in [1.29, 1.82) is 0 Å². The van der Waals surface area contributed by atoms with Gasteiger partial charge in [-0.3, -0.25) is 10.1 Å². The second-order valence-electron chi connectivity index (χ2n) is 6.42. The van der Waals surface area contributed by atoms with E-state index in [9.17, 15) is 31.9 Å². The van der Waals surface area contributed by atoms with Crippen LogP contribution in [-0.2, 0) is 10.3 Å². The van der Waals surface area contributed by atoms with Crippen molar-refractivity contribution in [2.24, 2.45) is 4.99 Å². The van der Waals surface area contributed by atoms with Crippen molar-refractivity contribution < 1.29 is 36.6 Å². The van der Waals surface area contributed by atoms with Crippen molar-refractivity contribution in [3.63, 3.8) is 0 Å². The first-order valence-electron chi connectivity index (χ1n) is 8.39. The molecule has 2 N–H and O–H groups in total. The van der Waals surface area contributed by atoms with Crippen molar-refractivity contribution in [3.05, 3.63) is 65.5 Å². The Labute approximate surface area is 161 Å². The molecule has 1 amide bonds. The normalized spacial score (nSPS) is 21.8. The van der Waals surface area contributed by atoms with Gasteiger partial charge in [0.1, 0.15) is 23.8 Å². The Morgan fingerprint density at radius 3 is 2.55 bits per heavy atom. The van der Waals surface area contributed by atoms with Gasteiger partial charge < -0.3 is 9.84 Å². The van der Waals surface area contributed by atoms with Crippen molar-refractivity contribution in [1.82, 2.24) is 5.32 Å². The zero-order valence-corrected chi connectivity index (χ0v) is 14.7. The molecule has 2 atom stereocenters. The predicted molar refractivity (Wildman–Crippen MR) is 92.6 cm³/mol. The van der Waals surface area contributed by atoms with E-state index in [-0.39, 0.29) is 5.56 Å². The fourth-order valence-corrected chi connectivity index (χ4v) is 2.94. The van der Waals surface area contributed by atoms with Crippen molar-refractivity contribution >= 4 is 11.9 Å². The minimum absolute atomic E-state index is 0.0994. The second-order valence-corrected chi connectivity index (χ2v) is 6.42. The average Bonchev–Trinajstić information content (AvgIpc) is 2.69. The summed E-state index contributed by atoms with van der Waals surface area (Å²) in [6.45, 7) is -1.52. The number of hydrogen-bond donors (Lipinski definition) is 2. The SMILES string of the molecule is O=C(NC1=NC(CF)(c2cc(O)ccc2F)CC(C(F)(F)F)O1)c1ccccc1. The number of ether oxygens (including phenoxy) is 1. The van der Waals surface area contributed by atoms with Crippen LogP contribution < -0.4 is 5.32 Å². The molecule has 2 aromatic carbocycles. The van der Waals surface area contributed by atoms with Crippen LogP contribution in [-0.4, -0.2) is 36.0 Å². The molecule has 2 aromatic rings. The summed E-state index contributed by atoms with van der Waals surface area (Å²) < 4.78 is 73.3. The van der Waals surface area contributed by atoms with Gasteiger partial charge >= 0.3 is 6.18 Å². The molecule has 1 aliphatic heterocycles. The van der Waals surface area contributed by atoms with Crippen LogP contribution in [0.3, 0.4) is 0 Å². The summed E-state index contributed by atoms with van der Waals surface area (Å²) in [5.74, 6) is -2.37.